The zero-order chi connectivity index (χ0) is 24.3. The Morgan fingerprint density at radius 1 is 1.00 bits per heavy atom. The summed E-state index contributed by atoms with van der Waals surface area (Å²) >= 11 is 1.28. The number of ether oxygens (including phenoxy) is 2. The molecule has 1 fully saturated rings. The van der Waals surface area contributed by atoms with Crippen LogP contribution in [-0.4, -0.2) is 52.5 Å². The van der Waals surface area contributed by atoms with Crippen molar-refractivity contribution in [2.24, 2.45) is 0 Å². The van der Waals surface area contributed by atoms with Gasteiger partial charge >= 0.3 is 5.97 Å². The van der Waals surface area contributed by atoms with Crippen LogP contribution in [0.5, 0.6) is 5.75 Å². The van der Waals surface area contributed by atoms with Gasteiger partial charge in [0.15, 0.2) is 0 Å². The molecule has 0 bridgehead atoms. The number of sulfonamides is 1. The van der Waals surface area contributed by atoms with Crippen LogP contribution in [0.1, 0.15) is 69.7 Å². The third-order valence-electron chi connectivity index (χ3n) is 6.39. The largest absolute Gasteiger partial charge is 0.496 e. The molecule has 184 valence electrons. The number of thiophene rings is 1. The topological polar surface area (TPSA) is 102 Å². The number of nitrogens with one attached hydrogen (secondary N) is 1. The van der Waals surface area contributed by atoms with E-state index in [1.54, 1.807) is 4.90 Å². The number of benzene rings is 1. The molecule has 0 spiro atoms. The molecule has 1 aromatic heterocycles. The number of carbonyl (C=O) groups excluding carboxylic acids is 2. The van der Waals surface area contributed by atoms with E-state index >= 15 is 0 Å². The number of hydrogen-bond donors (Lipinski definition) is 1. The Morgan fingerprint density at radius 2 is 1.71 bits per heavy atom. The molecule has 8 nitrogen and oxygen atoms in total. The summed E-state index contributed by atoms with van der Waals surface area (Å²) in [4.78, 5) is 28.5. The Hall–Kier alpha value is -2.59. The van der Waals surface area contributed by atoms with Crippen LogP contribution in [-0.2, 0) is 27.6 Å². The van der Waals surface area contributed by atoms with Gasteiger partial charge in [-0.1, -0.05) is 12.8 Å². The number of carbonyl (C=O) groups is 2. The molecule has 10 heteroatoms. The summed E-state index contributed by atoms with van der Waals surface area (Å²) in [6.07, 6.45) is 7.47. The van der Waals surface area contributed by atoms with Crippen molar-refractivity contribution in [1.82, 2.24) is 4.90 Å². The maximum absolute atomic E-state index is 13.4. The van der Waals surface area contributed by atoms with Gasteiger partial charge in [0.05, 0.1) is 30.2 Å². The number of methoxy groups -OCH3 is 2. The molecule has 34 heavy (non-hydrogen) atoms. The maximum Gasteiger partial charge on any atom is 0.341 e. The van der Waals surface area contributed by atoms with E-state index in [1.807, 2.05) is 0 Å². The number of amides is 1. The Kier molecular flexibility index (Phi) is 7.47. The van der Waals surface area contributed by atoms with E-state index in [2.05, 4.69) is 4.72 Å². The normalized spacial score (nSPS) is 16.4. The Bertz CT molecular complexity index is 1180. The molecular weight excluding hydrogens is 476 g/mol. The zero-order valence-electron chi connectivity index (χ0n) is 19.5. The van der Waals surface area contributed by atoms with Gasteiger partial charge in [0.25, 0.3) is 15.9 Å². The van der Waals surface area contributed by atoms with Crippen LogP contribution in [0.2, 0.25) is 0 Å². The molecule has 1 aromatic carbocycles. The van der Waals surface area contributed by atoms with Crippen molar-refractivity contribution in [3.05, 3.63) is 39.8 Å². The van der Waals surface area contributed by atoms with Gasteiger partial charge in [0.1, 0.15) is 10.8 Å². The highest BCUT2D eigenvalue weighted by Gasteiger charge is 2.30. The molecule has 1 amide bonds. The van der Waals surface area contributed by atoms with Gasteiger partial charge in [-0.05, 0) is 62.3 Å². The minimum absolute atomic E-state index is 0.0614. The number of esters is 1. The lowest BCUT2D eigenvalue weighted by Gasteiger charge is -2.22. The van der Waals surface area contributed by atoms with Gasteiger partial charge < -0.3 is 14.4 Å². The fraction of sp³-hybridized carbons (Fsp3) is 0.500. The van der Waals surface area contributed by atoms with Crippen molar-refractivity contribution in [1.29, 1.82) is 0 Å². The Labute approximate surface area is 204 Å². The number of fused-ring (bicyclic) bond motifs is 1. The van der Waals surface area contributed by atoms with Crippen LogP contribution in [0, 0.1) is 0 Å². The molecular formula is C24H30N2O6S2. The fourth-order valence-electron chi connectivity index (χ4n) is 4.60. The van der Waals surface area contributed by atoms with Crippen molar-refractivity contribution in [3.63, 3.8) is 0 Å². The highest BCUT2D eigenvalue weighted by atomic mass is 32.2. The molecule has 0 unspecified atom stereocenters. The zero-order valence-corrected chi connectivity index (χ0v) is 21.1. The lowest BCUT2D eigenvalue weighted by Crippen LogP contribution is -2.32. The van der Waals surface area contributed by atoms with Gasteiger partial charge in [-0.15, -0.1) is 11.3 Å². The summed E-state index contributed by atoms with van der Waals surface area (Å²) in [5.74, 6) is -0.462. The maximum atomic E-state index is 13.4. The van der Waals surface area contributed by atoms with Crippen LogP contribution < -0.4 is 9.46 Å². The van der Waals surface area contributed by atoms with Crippen molar-refractivity contribution < 1.29 is 27.5 Å². The minimum atomic E-state index is -4.07. The highest BCUT2D eigenvalue weighted by Crippen LogP contribution is 2.39. The van der Waals surface area contributed by atoms with Crippen LogP contribution in [0.3, 0.4) is 0 Å². The number of rotatable bonds is 6. The van der Waals surface area contributed by atoms with Crippen LogP contribution in [0.25, 0.3) is 0 Å². The quantitative estimate of drug-likeness (QED) is 0.588. The predicted octanol–water partition coefficient (Wildman–Crippen LogP) is 4.24. The van der Waals surface area contributed by atoms with Crippen molar-refractivity contribution in [3.8, 4) is 5.75 Å². The second-order valence-corrected chi connectivity index (χ2v) is 11.4. The standard InChI is InChI=1S/C24H30N2O6S2/c1-31-19-12-11-16(15-18(19)23(27)26-13-7-3-4-8-14-26)34(29,30)25-22-21(24(28)32-2)17-9-5-6-10-20(17)33-22/h11-12,15,25H,3-10,13-14H2,1-2H3. The van der Waals surface area contributed by atoms with Gasteiger partial charge in [0, 0.05) is 18.0 Å². The summed E-state index contributed by atoms with van der Waals surface area (Å²) in [5, 5.41) is 0.259. The molecule has 4 rings (SSSR count). The molecule has 0 saturated carbocycles. The average Bonchev–Trinajstić information content (AvgIpc) is 2.99. The minimum Gasteiger partial charge on any atom is -0.496 e. The lowest BCUT2D eigenvalue weighted by atomic mass is 9.95. The molecule has 0 radical (unpaired) electrons. The number of anilines is 1. The SMILES string of the molecule is COC(=O)c1c(NS(=O)(=O)c2ccc(OC)c(C(=O)N3CCCCCC3)c2)sc2c1CCCC2. The van der Waals surface area contributed by atoms with Crippen LogP contribution in [0.15, 0.2) is 23.1 Å². The first-order valence-electron chi connectivity index (χ1n) is 11.6. The summed E-state index contributed by atoms with van der Waals surface area (Å²) in [7, 11) is -1.32. The first-order chi connectivity index (χ1) is 16.4. The van der Waals surface area contributed by atoms with E-state index in [9.17, 15) is 18.0 Å². The predicted molar refractivity (Wildman–Crippen MR) is 130 cm³/mol. The van der Waals surface area contributed by atoms with E-state index in [1.165, 1.54) is 43.8 Å². The smallest absolute Gasteiger partial charge is 0.341 e. The van der Waals surface area contributed by atoms with Gasteiger partial charge in [0.2, 0.25) is 0 Å². The van der Waals surface area contributed by atoms with Crippen LogP contribution >= 0.6 is 11.3 Å². The first kappa shape index (κ1) is 24.5. The van der Waals surface area contributed by atoms with E-state index in [-0.39, 0.29) is 21.4 Å². The molecule has 0 atom stereocenters. The van der Waals surface area contributed by atoms with Gasteiger partial charge in [-0.25, -0.2) is 13.2 Å². The number of nitrogens with zero attached hydrogens (tertiary/aromatic N) is 1. The monoisotopic (exact) mass is 506 g/mol. The van der Waals surface area contributed by atoms with Crippen LogP contribution in [0.4, 0.5) is 5.00 Å². The van der Waals surface area contributed by atoms with Crippen molar-refractivity contribution in [2.75, 3.05) is 32.0 Å². The second-order valence-electron chi connectivity index (χ2n) is 8.58. The van der Waals surface area contributed by atoms with Gasteiger partial charge in [-0.2, -0.15) is 0 Å². The molecule has 1 N–H and O–H groups in total. The number of hydrogen-bond acceptors (Lipinski definition) is 7. The third kappa shape index (κ3) is 4.93. The Morgan fingerprint density at radius 3 is 2.38 bits per heavy atom. The fourth-order valence-corrected chi connectivity index (χ4v) is 7.21. The van der Waals surface area contributed by atoms with E-state index < -0.39 is 16.0 Å². The first-order valence-corrected chi connectivity index (χ1v) is 13.9. The summed E-state index contributed by atoms with van der Waals surface area (Å²) < 4.78 is 39.6. The van der Waals surface area contributed by atoms with E-state index in [4.69, 9.17) is 9.47 Å². The second kappa shape index (κ2) is 10.4. The molecule has 2 aliphatic rings. The van der Waals surface area contributed by atoms with E-state index in [0.29, 0.717) is 24.4 Å². The summed E-state index contributed by atoms with van der Waals surface area (Å²) in [6, 6.07) is 4.27. The molecule has 2 aromatic rings. The number of likely N-dealkylation sites (tertiary alicyclic amines) is 1. The average molecular weight is 507 g/mol. The lowest BCUT2D eigenvalue weighted by molar-refractivity contribution is 0.0600. The van der Waals surface area contributed by atoms with Crippen molar-refractivity contribution in [2.45, 2.75) is 56.3 Å². The van der Waals surface area contributed by atoms with Gasteiger partial charge in [-0.3, -0.25) is 9.52 Å². The molecule has 2 heterocycles. The molecule has 1 aliphatic carbocycles. The molecule has 1 aliphatic heterocycles. The number of aryl methyl sites for hydroxylation is 1. The van der Waals surface area contributed by atoms with Crippen molar-refractivity contribution >= 4 is 38.2 Å². The van der Waals surface area contributed by atoms with E-state index in [0.717, 1.165) is 61.8 Å². The Balaban J connectivity index is 1.68. The highest BCUT2D eigenvalue weighted by molar-refractivity contribution is 7.93. The summed E-state index contributed by atoms with van der Waals surface area (Å²) in [5.41, 5.74) is 1.37. The molecule has 1 saturated heterocycles. The summed E-state index contributed by atoms with van der Waals surface area (Å²) in [6.45, 7) is 1.28. The third-order valence-corrected chi connectivity index (χ3v) is 9.08.